The molecule has 43 heavy (non-hydrogen) atoms. The molecule has 4 aromatic carbocycles. The number of hydrogen-bond acceptors (Lipinski definition) is 6. The highest BCUT2D eigenvalue weighted by atomic mass is 16.5. The third-order valence-electron chi connectivity index (χ3n) is 7.87. The monoisotopic (exact) mass is 574 g/mol. The molecule has 1 aliphatic carbocycles. The lowest BCUT2D eigenvalue weighted by Crippen LogP contribution is -2.36. The average molecular weight is 575 g/mol. The molecule has 1 amide bonds. The van der Waals surface area contributed by atoms with Crippen molar-refractivity contribution in [3.63, 3.8) is 0 Å². The van der Waals surface area contributed by atoms with Gasteiger partial charge in [0.2, 0.25) is 5.91 Å². The third-order valence-corrected chi connectivity index (χ3v) is 7.87. The summed E-state index contributed by atoms with van der Waals surface area (Å²) in [6.07, 6.45) is 2.42. The van der Waals surface area contributed by atoms with Crippen molar-refractivity contribution in [2.75, 3.05) is 6.61 Å². The zero-order valence-corrected chi connectivity index (χ0v) is 24.0. The molecule has 1 fully saturated rings. The van der Waals surface area contributed by atoms with E-state index in [1.165, 1.54) is 0 Å². The number of carbonyl (C=O) groups excluding carboxylic acids is 2. The van der Waals surface area contributed by atoms with Gasteiger partial charge in [0, 0.05) is 29.0 Å². The number of fused-ring (bicyclic) bond motifs is 1. The summed E-state index contributed by atoms with van der Waals surface area (Å²) in [4.78, 5) is 26.5. The molecular formula is C36H34N2O5. The molecule has 3 atom stereocenters. The Hall–Kier alpha value is -4.88. The Morgan fingerprint density at radius 1 is 0.953 bits per heavy atom. The van der Waals surface area contributed by atoms with Crippen molar-refractivity contribution < 1.29 is 23.5 Å². The van der Waals surface area contributed by atoms with Crippen molar-refractivity contribution in [2.45, 2.75) is 38.5 Å². The van der Waals surface area contributed by atoms with Gasteiger partial charge in [0.15, 0.2) is 6.04 Å². The van der Waals surface area contributed by atoms with E-state index < -0.39 is 12.0 Å². The van der Waals surface area contributed by atoms with E-state index in [0.717, 1.165) is 45.2 Å². The molecule has 1 heterocycles. The van der Waals surface area contributed by atoms with Gasteiger partial charge >= 0.3 is 5.97 Å². The summed E-state index contributed by atoms with van der Waals surface area (Å²) in [5.74, 6) is -0.240. The first-order valence-electron chi connectivity index (χ1n) is 14.6. The molecule has 0 saturated heterocycles. The Balaban J connectivity index is 1.24. The van der Waals surface area contributed by atoms with Gasteiger partial charge in [-0.3, -0.25) is 4.79 Å². The highest BCUT2D eigenvalue weighted by molar-refractivity contribution is 5.93. The van der Waals surface area contributed by atoms with Gasteiger partial charge in [-0.2, -0.15) is 0 Å². The van der Waals surface area contributed by atoms with Gasteiger partial charge in [0.05, 0.1) is 12.9 Å². The van der Waals surface area contributed by atoms with Crippen molar-refractivity contribution in [3.05, 3.63) is 126 Å². The standard InChI is InChI=1S/C36H34N2O5/c1-2-41-36(40)33(38-35(39)31-20-29(31)25-10-4-3-5-11-25)28-13-6-7-14-32(28)43-22-24-18-27-15-16-42-34(27)30(19-24)26-12-8-9-23(17-26)21-37/h3-19,29,31,33H,2,20-22,37H2,1H3,(H,38,39)/t29-,31+,33?/m0/s1. The van der Waals surface area contributed by atoms with Crippen molar-refractivity contribution in [2.24, 2.45) is 11.7 Å². The Labute approximate surface area is 250 Å². The molecule has 0 radical (unpaired) electrons. The van der Waals surface area contributed by atoms with Crippen LogP contribution in [0.5, 0.6) is 5.75 Å². The molecule has 1 unspecified atom stereocenters. The lowest BCUT2D eigenvalue weighted by Gasteiger charge is -2.21. The van der Waals surface area contributed by atoms with Crippen LogP contribution < -0.4 is 15.8 Å². The highest BCUT2D eigenvalue weighted by Gasteiger charge is 2.45. The van der Waals surface area contributed by atoms with E-state index in [9.17, 15) is 9.59 Å². The summed E-state index contributed by atoms with van der Waals surface area (Å²) in [6, 6.07) is 30.3. The van der Waals surface area contributed by atoms with Crippen LogP contribution in [0.1, 0.15) is 47.6 Å². The predicted molar refractivity (Wildman–Crippen MR) is 165 cm³/mol. The highest BCUT2D eigenvalue weighted by Crippen LogP contribution is 2.48. The van der Waals surface area contributed by atoms with Crippen LogP contribution in [0, 0.1) is 5.92 Å². The van der Waals surface area contributed by atoms with Gasteiger partial charge in [-0.05, 0) is 71.8 Å². The van der Waals surface area contributed by atoms with Gasteiger partial charge < -0.3 is 24.9 Å². The molecule has 7 heteroatoms. The lowest BCUT2D eigenvalue weighted by atomic mass is 9.99. The second-order valence-electron chi connectivity index (χ2n) is 10.8. The number of para-hydroxylation sites is 1. The minimum atomic E-state index is -0.994. The maximum atomic E-state index is 13.3. The Morgan fingerprint density at radius 2 is 1.77 bits per heavy atom. The largest absolute Gasteiger partial charge is 0.489 e. The maximum Gasteiger partial charge on any atom is 0.333 e. The van der Waals surface area contributed by atoms with Crippen LogP contribution in [-0.2, 0) is 27.5 Å². The van der Waals surface area contributed by atoms with Crippen molar-refractivity contribution >= 4 is 22.8 Å². The normalized spacial score (nSPS) is 16.4. The molecule has 3 N–H and O–H groups in total. The molecular weight excluding hydrogens is 540 g/mol. The van der Waals surface area contributed by atoms with E-state index >= 15 is 0 Å². The van der Waals surface area contributed by atoms with E-state index in [4.69, 9.17) is 19.6 Å². The molecule has 1 saturated carbocycles. The molecule has 5 aromatic rings. The third kappa shape index (κ3) is 6.17. The number of esters is 1. The number of furan rings is 1. The number of rotatable bonds is 11. The van der Waals surface area contributed by atoms with E-state index in [-0.39, 0.29) is 31.0 Å². The summed E-state index contributed by atoms with van der Waals surface area (Å²) in [6.45, 7) is 2.63. The first kappa shape index (κ1) is 28.2. The Bertz CT molecular complexity index is 1750. The second-order valence-corrected chi connectivity index (χ2v) is 10.8. The quantitative estimate of drug-likeness (QED) is 0.171. The van der Waals surface area contributed by atoms with E-state index in [1.807, 2.05) is 78.9 Å². The topological polar surface area (TPSA) is 104 Å². The molecule has 0 aliphatic heterocycles. The lowest BCUT2D eigenvalue weighted by molar-refractivity contribution is -0.147. The van der Waals surface area contributed by atoms with E-state index in [2.05, 4.69) is 11.4 Å². The van der Waals surface area contributed by atoms with Crippen LogP contribution in [0.4, 0.5) is 0 Å². The molecule has 7 nitrogen and oxygen atoms in total. The van der Waals surface area contributed by atoms with Gasteiger partial charge in [0.25, 0.3) is 0 Å². The molecule has 218 valence electrons. The predicted octanol–water partition coefficient (Wildman–Crippen LogP) is 6.66. The fraction of sp³-hybridized carbons (Fsp3) is 0.222. The number of amides is 1. The number of hydrogen-bond donors (Lipinski definition) is 2. The SMILES string of the molecule is CCOC(=O)C(NC(=O)[C@@H]1C[C@H]1c1ccccc1)c1ccccc1OCc1cc(-c2cccc(CN)c2)c2occc2c1. The Morgan fingerprint density at radius 3 is 2.58 bits per heavy atom. The number of nitrogens with one attached hydrogen (secondary N) is 1. The fourth-order valence-electron chi connectivity index (χ4n) is 5.61. The van der Waals surface area contributed by atoms with Crippen LogP contribution in [0.2, 0.25) is 0 Å². The summed E-state index contributed by atoms with van der Waals surface area (Å²) in [5, 5.41) is 3.92. The molecule has 0 bridgehead atoms. The molecule has 0 spiro atoms. The van der Waals surface area contributed by atoms with E-state index in [1.54, 1.807) is 25.3 Å². The van der Waals surface area contributed by atoms with Crippen LogP contribution in [0.25, 0.3) is 22.1 Å². The first-order valence-corrected chi connectivity index (χ1v) is 14.6. The average Bonchev–Trinajstić information content (AvgIpc) is 3.72. The molecule has 6 rings (SSSR count). The maximum absolute atomic E-state index is 13.3. The van der Waals surface area contributed by atoms with Crippen molar-refractivity contribution in [3.8, 4) is 16.9 Å². The van der Waals surface area contributed by atoms with Gasteiger partial charge in [-0.15, -0.1) is 0 Å². The summed E-state index contributed by atoms with van der Waals surface area (Å²) < 4.78 is 17.5. The first-order chi connectivity index (χ1) is 21.1. The van der Waals surface area contributed by atoms with Gasteiger partial charge in [-0.25, -0.2) is 4.79 Å². The van der Waals surface area contributed by atoms with Crippen molar-refractivity contribution in [1.29, 1.82) is 0 Å². The van der Waals surface area contributed by atoms with Crippen LogP contribution in [-0.4, -0.2) is 18.5 Å². The number of benzene rings is 4. The zero-order chi connectivity index (χ0) is 29.8. The summed E-state index contributed by atoms with van der Waals surface area (Å²) in [7, 11) is 0. The van der Waals surface area contributed by atoms with Gasteiger partial charge in [0.1, 0.15) is 17.9 Å². The summed E-state index contributed by atoms with van der Waals surface area (Å²) >= 11 is 0. The smallest absolute Gasteiger partial charge is 0.333 e. The zero-order valence-electron chi connectivity index (χ0n) is 24.0. The minimum Gasteiger partial charge on any atom is -0.489 e. The number of ether oxygens (including phenoxy) is 2. The van der Waals surface area contributed by atoms with Crippen LogP contribution in [0.3, 0.4) is 0 Å². The number of carbonyl (C=O) groups is 2. The minimum absolute atomic E-state index is 0.146. The van der Waals surface area contributed by atoms with Gasteiger partial charge in [-0.1, -0.05) is 66.7 Å². The van der Waals surface area contributed by atoms with Crippen LogP contribution in [0.15, 0.2) is 108 Å². The molecule has 1 aromatic heterocycles. The van der Waals surface area contributed by atoms with E-state index in [0.29, 0.717) is 17.9 Å². The molecule has 1 aliphatic rings. The Kier molecular flexibility index (Phi) is 8.24. The second kappa shape index (κ2) is 12.5. The fourth-order valence-corrected chi connectivity index (χ4v) is 5.61. The van der Waals surface area contributed by atoms with Crippen molar-refractivity contribution in [1.82, 2.24) is 5.32 Å². The summed E-state index contributed by atoms with van der Waals surface area (Å²) in [5.41, 5.74) is 12.3. The number of nitrogens with two attached hydrogens (primary N) is 1. The van der Waals surface area contributed by atoms with Crippen LogP contribution >= 0.6 is 0 Å².